The summed E-state index contributed by atoms with van der Waals surface area (Å²) in [6.07, 6.45) is 3.73. The van der Waals surface area contributed by atoms with Crippen LogP contribution in [0.15, 0.2) is 24.3 Å². The highest BCUT2D eigenvalue weighted by atomic mass is 16.6. The summed E-state index contributed by atoms with van der Waals surface area (Å²) in [4.78, 5) is 24.5. The number of nitro groups is 1. The van der Waals surface area contributed by atoms with Gasteiger partial charge in [-0.25, -0.2) is 0 Å². The van der Waals surface area contributed by atoms with Crippen molar-refractivity contribution in [1.82, 2.24) is 4.90 Å². The number of fused-ring (bicyclic) bond motifs is 2. The first-order valence-electron chi connectivity index (χ1n) is 6.65. The van der Waals surface area contributed by atoms with E-state index in [1.54, 1.807) is 12.1 Å². The van der Waals surface area contributed by atoms with Gasteiger partial charge >= 0.3 is 0 Å². The average Bonchev–Trinajstić information content (AvgIpc) is 3.01. The first-order valence-corrected chi connectivity index (χ1v) is 6.65. The number of nitrogens with zero attached hydrogens (tertiary/aromatic N) is 2. The van der Waals surface area contributed by atoms with Gasteiger partial charge in [0.2, 0.25) is 0 Å². The summed E-state index contributed by atoms with van der Waals surface area (Å²) < 4.78 is 0. The monoisotopic (exact) mass is 260 g/mol. The van der Waals surface area contributed by atoms with Crippen LogP contribution in [0.2, 0.25) is 0 Å². The number of piperidine rings is 1. The topological polar surface area (TPSA) is 63.5 Å². The summed E-state index contributed by atoms with van der Waals surface area (Å²) in [5.74, 6) is 0.831. The van der Waals surface area contributed by atoms with Crippen LogP contribution >= 0.6 is 0 Å². The summed E-state index contributed by atoms with van der Waals surface area (Å²) in [7, 11) is 0. The molecule has 2 fully saturated rings. The Balaban J connectivity index is 1.65. The zero-order valence-electron chi connectivity index (χ0n) is 10.6. The Labute approximate surface area is 111 Å². The molecule has 1 aliphatic carbocycles. The number of nitro benzene ring substituents is 1. The molecule has 5 nitrogen and oxygen atoms in total. The number of hydrogen-bond acceptors (Lipinski definition) is 4. The molecule has 0 radical (unpaired) electrons. The number of ketones is 1. The third-order valence-electron chi connectivity index (χ3n) is 4.27. The molecule has 5 heteroatoms. The minimum Gasteiger partial charge on any atom is -0.293 e. The summed E-state index contributed by atoms with van der Waals surface area (Å²) in [5.41, 5.74) is 0.588. The Bertz CT molecular complexity index is 512. The molecule has 0 spiro atoms. The summed E-state index contributed by atoms with van der Waals surface area (Å²) in [6, 6.07) is 6.46. The molecule has 1 aromatic carbocycles. The molecule has 0 aromatic heterocycles. The molecule has 0 N–H and O–H groups in total. The molecule has 100 valence electrons. The molecule has 1 aromatic rings. The van der Waals surface area contributed by atoms with E-state index >= 15 is 0 Å². The fourth-order valence-electron chi connectivity index (χ4n) is 3.27. The smallest absolute Gasteiger partial charge is 0.269 e. The minimum atomic E-state index is -0.451. The maximum absolute atomic E-state index is 12.1. The minimum absolute atomic E-state index is 0.0248. The van der Waals surface area contributed by atoms with Gasteiger partial charge in [0.05, 0.1) is 11.5 Å². The fourth-order valence-corrected chi connectivity index (χ4v) is 3.27. The van der Waals surface area contributed by atoms with Crippen molar-refractivity contribution >= 4 is 11.5 Å². The van der Waals surface area contributed by atoms with E-state index in [0.29, 0.717) is 18.2 Å². The number of hydrogen-bond donors (Lipinski definition) is 0. The van der Waals surface area contributed by atoms with Gasteiger partial charge in [0.15, 0.2) is 5.78 Å². The van der Waals surface area contributed by atoms with Crippen LogP contribution in [0.25, 0.3) is 0 Å². The van der Waals surface area contributed by atoms with Gasteiger partial charge in [-0.2, -0.15) is 0 Å². The summed E-state index contributed by atoms with van der Waals surface area (Å²) in [6.45, 7) is 1.47. The van der Waals surface area contributed by atoms with Crippen LogP contribution in [0, 0.1) is 16.0 Å². The molecule has 1 saturated carbocycles. The van der Waals surface area contributed by atoms with Gasteiger partial charge < -0.3 is 0 Å². The van der Waals surface area contributed by atoms with Crippen molar-refractivity contribution in [2.75, 3.05) is 13.1 Å². The second kappa shape index (κ2) is 4.74. The molecule has 1 aliphatic heterocycles. The zero-order chi connectivity index (χ0) is 13.4. The molecule has 2 unspecified atom stereocenters. The van der Waals surface area contributed by atoms with E-state index in [1.807, 2.05) is 0 Å². The van der Waals surface area contributed by atoms with E-state index in [0.717, 1.165) is 12.5 Å². The van der Waals surface area contributed by atoms with Crippen LogP contribution in [0.3, 0.4) is 0 Å². The first kappa shape index (κ1) is 12.3. The zero-order valence-corrected chi connectivity index (χ0v) is 10.6. The van der Waals surface area contributed by atoms with Crippen LogP contribution in [-0.2, 0) is 0 Å². The fraction of sp³-hybridized carbons (Fsp3) is 0.500. The second-order valence-corrected chi connectivity index (χ2v) is 5.49. The Morgan fingerprint density at radius 3 is 2.58 bits per heavy atom. The van der Waals surface area contributed by atoms with E-state index in [9.17, 15) is 14.9 Å². The molecule has 1 heterocycles. The lowest BCUT2D eigenvalue weighted by Crippen LogP contribution is -2.36. The van der Waals surface area contributed by atoms with Gasteiger partial charge in [-0.15, -0.1) is 0 Å². The number of carbonyl (C=O) groups excluding carboxylic acids is 1. The van der Waals surface area contributed by atoms with Crippen molar-refractivity contribution in [3.05, 3.63) is 39.9 Å². The van der Waals surface area contributed by atoms with Crippen LogP contribution in [0.1, 0.15) is 29.6 Å². The van der Waals surface area contributed by atoms with Gasteiger partial charge in [-0.05, 0) is 37.3 Å². The Hall–Kier alpha value is -1.75. The largest absolute Gasteiger partial charge is 0.293 e. The normalized spacial score (nSPS) is 25.7. The van der Waals surface area contributed by atoms with Gasteiger partial charge in [0.1, 0.15) is 0 Å². The second-order valence-electron chi connectivity index (χ2n) is 5.49. The number of rotatable bonds is 4. The van der Waals surface area contributed by atoms with Crippen LogP contribution in [0.5, 0.6) is 0 Å². The average molecular weight is 260 g/mol. The van der Waals surface area contributed by atoms with Crippen molar-refractivity contribution in [3.63, 3.8) is 0 Å². The lowest BCUT2D eigenvalue weighted by Gasteiger charge is -2.25. The molecule has 2 atom stereocenters. The highest BCUT2D eigenvalue weighted by Gasteiger charge is 2.38. The Morgan fingerprint density at radius 2 is 2.05 bits per heavy atom. The number of benzene rings is 1. The standard InChI is InChI=1S/C14H16N2O3/c17-14(9-15-8-10-1-4-13(15)7-10)11-2-5-12(6-3-11)16(18)19/h2-3,5-6,10,13H,1,4,7-9H2. The predicted octanol–water partition coefficient (Wildman–Crippen LogP) is 2.26. The molecule has 0 amide bonds. The van der Waals surface area contributed by atoms with Gasteiger partial charge in [0, 0.05) is 30.3 Å². The van der Waals surface area contributed by atoms with Crippen molar-refractivity contribution in [2.24, 2.45) is 5.92 Å². The lowest BCUT2D eigenvalue weighted by atomic mass is 10.1. The molecular formula is C14H16N2O3. The SMILES string of the molecule is O=C(CN1CC2CCC1C2)c1ccc([N+](=O)[O-])cc1. The van der Waals surface area contributed by atoms with E-state index in [-0.39, 0.29) is 11.5 Å². The van der Waals surface area contributed by atoms with Crippen LogP contribution in [0.4, 0.5) is 5.69 Å². The Morgan fingerprint density at radius 1 is 1.32 bits per heavy atom. The van der Waals surface area contributed by atoms with Crippen molar-refractivity contribution in [3.8, 4) is 0 Å². The van der Waals surface area contributed by atoms with Crippen molar-refractivity contribution in [2.45, 2.75) is 25.3 Å². The first-order chi connectivity index (χ1) is 9.13. The maximum atomic E-state index is 12.1. The predicted molar refractivity (Wildman–Crippen MR) is 70.1 cm³/mol. The van der Waals surface area contributed by atoms with E-state index in [1.165, 1.54) is 31.4 Å². The number of non-ortho nitro benzene ring substituents is 1. The highest BCUT2D eigenvalue weighted by Crippen LogP contribution is 2.37. The quantitative estimate of drug-likeness (QED) is 0.473. The molecule has 3 rings (SSSR count). The molecule has 2 aliphatic rings. The van der Waals surface area contributed by atoms with Gasteiger partial charge in [0.25, 0.3) is 5.69 Å². The van der Waals surface area contributed by atoms with Crippen LogP contribution < -0.4 is 0 Å². The molecule has 19 heavy (non-hydrogen) atoms. The molecular weight excluding hydrogens is 244 g/mol. The highest BCUT2D eigenvalue weighted by molar-refractivity contribution is 5.97. The third-order valence-corrected chi connectivity index (χ3v) is 4.27. The maximum Gasteiger partial charge on any atom is 0.269 e. The summed E-state index contributed by atoms with van der Waals surface area (Å²) in [5, 5.41) is 10.6. The number of Topliss-reactive ketones (excluding diaryl/α,β-unsaturated/α-hetero) is 1. The molecule has 2 bridgehead atoms. The van der Waals surface area contributed by atoms with Gasteiger partial charge in [-0.3, -0.25) is 19.8 Å². The Kier molecular flexibility index (Phi) is 3.06. The molecule has 1 saturated heterocycles. The summed E-state index contributed by atoms with van der Waals surface area (Å²) >= 11 is 0. The lowest BCUT2D eigenvalue weighted by molar-refractivity contribution is -0.384. The number of likely N-dealkylation sites (tertiary alicyclic amines) is 1. The third kappa shape index (κ3) is 2.38. The van der Waals surface area contributed by atoms with Crippen molar-refractivity contribution < 1.29 is 9.72 Å². The van der Waals surface area contributed by atoms with E-state index < -0.39 is 4.92 Å². The van der Waals surface area contributed by atoms with E-state index in [2.05, 4.69) is 4.90 Å². The van der Waals surface area contributed by atoms with E-state index in [4.69, 9.17) is 0 Å². The van der Waals surface area contributed by atoms with Crippen LogP contribution in [-0.4, -0.2) is 34.7 Å². The number of carbonyl (C=O) groups is 1. The van der Waals surface area contributed by atoms with Gasteiger partial charge in [-0.1, -0.05) is 0 Å². The van der Waals surface area contributed by atoms with Crippen molar-refractivity contribution in [1.29, 1.82) is 0 Å².